The number of thiazole rings is 1. The summed E-state index contributed by atoms with van der Waals surface area (Å²) in [5.41, 5.74) is 7.16. The number of benzene rings is 1. The van der Waals surface area contributed by atoms with Gasteiger partial charge in [-0.15, -0.1) is 11.3 Å². The number of carbonyl (C=O) groups excluding carboxylic acids is 2. The van der Waals surface area contributed by atoms with E-state index in [9.17, 15) is 9.59 Å². The second-order valence-corrected chi connectivity index (χ2v) is 8.83. The smallest absolute Gasteiger partial charge is 0.233 e. The van der Waals surface area contributed by atoms with Gasteiger partial charge in [0.25, 0.3) is 0 Å². The van der Waals surface area contributed by atoms with Gasteiger partial charge in [-0.05, 0) is 37.5 Å². The van der Waals surface area contributed by atoms with Crippen LogP contribution in [0.3, 0.4) is 0 Å². The molecular formula is C19H23N3O3S2. The van der Waals surface area contributed by atoms with Gasteiger partial charge >= 0.3 is 0 Å². The van der Waals surface area contributed by atoms with Crippen LogP contribution in [-0.2, 0) is 22.6 Å². The van der Waals surface area contributed by atoms with Crippen LogP contribution in [0, 0.1) is 6.92 Å². The first-order valence-electron chi connectivity index (χ1n) is 8.76. The van der Waals surface area contributed by atoms with E-state index in [4.69, 9.17) is 10.5 Å². The molecule has 2 aromatic rings. The minimum Gasteiger partial charge on any atom is -0.497 e. The number of rotatable bonds is 9. The number of aromatic nitrogens is 1. The molecule has 0 spiro atoms. The molecule has 1 aromatic carbocycles. The van der Waals surface area contributed by atoms with Crippen LogP contribution in [0.1, 0.15) is 29.0 Å². The van der Waals surface area contributed by atoms with E-state index < -0.39 is 0 Å². The van der Waals surface area contributed by atoms with E-state index in [0.29, 0.717) is 18.3 Å². The lowest BCUT2D eigenvalue weighted by molar-refractivity contribution is -0.129. The fourth-order valence-corrected chi connectivity index (χ4v) is 4.86. The minimum absolute atomic E-state index is 0.114. The van der Waals surface area contributed by atoms with E-state index in [0.717, 1.165) is 39.1 Å². The molecule has 0 bridgehead atoms. The van der Waals surface area contributed by atoms with E-state index >= 15 is 0 Å². The molecule has 1 aliphatic carbocycles. The lowest BCUT2D eigenvalue weighted by Crippen LogP contribution is -2.33. The van der Waals surface area contributed by atoms with Gasteiger partial charge in [0, 0.05) is 17.5 Å². The van der Waals surface area contributed by atoms with Crippen LogP contribution in [0.4, 0.5) is 0 Å². The summed E-state index contributed by atoms with van der Waals surface area (Å²) >= 11 is 2.86. The molecule has 0 aliphatic heterocycles. The summed E-state index contributed by atoms with van der Waals surface area (Å²) in [6.45, 7) is 2.47. The number of nitrogens with two attached hydrogens (primary N) is 1. The third-order valence-corrected chi connectivity index (χ3v) is 6.63. The summed E-state index contributed by atoms with van der Waals surface area (Å²) in [6.07, 6.45) is 2.32. The Hall–Kier alpha value is -2.06. The summed E-state index contributed by atoms with van der Waals surface area (Å²) < 4.78 is 5.99. The number of nitrogens with zero attached hydrogens (tertiary/aromatic N) is 2. The van der Waals surface area contributed by atoms with Gasteiger partial charge in [-0.25, -0.2) is 4.98 Å². The molecule has 0 saturated heterocycles. The fraction of sp³-hybridized carbons (Fsp3) is 0.421. The highest BCUT2D eigenvalue weighted by molar-refractivity contribution is 8.01. The third kappa shape index (κ3) is 5.46. The predicted molar refractivity (Wildman–Crippen MR) is 107 cm³/mol. The topological polar surface area (TPSA) is 85.5 Å². The van der Waals surface area contributed by atoms with Gasteiger partial charge in [0.15, 0.2) is 4.34 Å². The Bertz CT molecular complexity index is 816. The maximum Gasteiger partial charge on any atom is 0.233 e. The third-order valence-electron chi connectivity index (χ3n) is 4.35. The van der Waals surface area contributed by atoms with Crippen LogP contribution in [0.15, 0.2) is 28.6 Å². The van der Waals surface area contributed by atoms with Crippen molar-refractivity contribution in [1.29, 1.82) is 0 Å². The van der Waals surface area contributed by atoms with Crippen molar-refractivity contribution in [2.75, 3.05) is 12.9 Å². The molecule has 8 heteroatoms. The zero-order chi connectivity index (χ0) is 19.4. The van der Waals surface area contributed by atoms with E-state index in [1.54, 1.807) is 7.11 Å². The van der Waals surface area contributed by atoms with Gasteiger partial charge in [-0.2, -0.15) is 0 Å². The number of carbonyl (C=O) groups is 2. The lowest BCUT2D eigenvalue weighted by atomic mass is 10.2. The Kier molecular flexibility index (Phi) is 6.38. The van der Waals surface area contributed by atoms with Gasteiger partial charge < -0.3 is 15.4 Å². The number of hydrogen-bond donors (Lipinski definition) is 1. The molecule has 1 aliphatic rings. The first kappa shape index (κ1) is 19.7. The number of hydrogen-bond acceptors (Lipinski definition) is 6. The Balaban J connectivity index is 1.59. The second kappa shape index (κ2) is 8.75. The highest BCUT2D eigenvalue weighted by Crippen LogP contribution is 2.32. The van der Waals surface area contributed by atoms with E-state index in [2.05, 4.69) is 4.98 Å². The molecule has 27 heavy (non-hydrogen) atoms. The van der Waals surface area contributed by atoms with E-state index in [-0.39, 0.29) is 18.2 Å². The molecule has 6 nitrogen and oxygen atoms in total. The lowest BCUT2D eigenvalue weighted by Gasteiger charge is -2.22. The van der Waals surface area contributed by atoms with Gasteiger partial charge in [-0.1, -0.05) is 23.9 Å². The van der Waals surface area contributed by atoms with Crippen molar-refractivity contribution in [3.63, 3.8) is 0 Å². The van der Waals surface area contributed by atoms with Crippen molar-refractivity contribution >= 4 is 34.9 Å². The summed E-state index contributed by atoms with van der Waals surface area (Å²) in [5, 5.41) is 0. The Morgan fingerprint density at radius 3 is 2.63 bits per heavy atom. The molecule has 1 heterocycles. The van der Waals surface area contributed by atoms with Crippen LogP contribution >= 0.6 is 23.1 Å². The molecule has 0 unspecified atom stereocenters. The minimum atomic E-state index is -0.367. The van der Waals surface area contributed by atoms with Gasteiger partial charge in [-0.3, -0.25) is 9.59 Å². The van der Waals surface area contributed by atoms with Crippen molar-refractivity contribution < 1.29 is 14.3 Å². The van der Waals surface area contributed by atoms with Crippen molar-refractivity contribution in [3.8, 4) is 5.75 Å². The van der Waals surface area contributed by atoms with Crippen LogP contribution in [-0.4, -0.2) is 40.6 Å². The molecule has 144 valence electrons. The highest BCUT2D eigenvalue weighted by atomic mass is 32.2. The standard InChI is InChI=1S/C19H23N3O3S2/c1-12-16(9-17(20)23)27-19(21-12)26-11-18(24)22(14-5-6-14)10-13-3-7-15(25-2)8-4-13/h3-4,7-8,14H,5-6,9-11H2,1-2H3,(H2,20,23). The fourth-order valence-electron chi connectivity index (χ4n) is 2.73. The number of ether oxygens (including phenoxy) is 1. The predicted octanol–water partition coefficient (Wildman–Crippen LogP) is 2.77. The van der Waals surface area contributed by atoms with Crippen molar-refractivity contribution in [2.24, 2.45) is 5.73 Å². The first-order chi connectivity index (χ1) is 13.0. The van der Waals surface area contributed by atoms with Crippen LogP contribution in [0.25, 0.3) is 0 Å². The number of amides is 2. The molecule has 3 rings (SSSR count). The van der Waals surface area contributed by atoms with E-state index in [1.165, 1.54) is 23.1 Å². The highest BCUT2D eigenvalue weighted by Gasteiger charge is 2.32. The maximum absolute atomic E-state index is 12.8. The SMILES string of the molecule is COc1ccc(CN(C(=O)CSc2nc(C)c(CC(N)=O)s2)C2CC2)cc1. The normalized spacial score (nSPS) is 13.4. The van der Waals surface area contributed by atoms with E-state index in [1.807, 2.05) is 36.1 Å². The van der Waals surface area contributed by atoms with Crippen molar-refractivity contribution in [1.82, 2.24) is 9.88 Å². The zero-order valence-electron chi connectivity index (χ0n) is 15.4. The molecule has 2 N–H and O–H groups in total. The van der Waals surface area contributed by atoms with Crippen LogP contribution < -0.4 is 10.5 Å². The second-order valence-electron chi connectivity index (χ2n) is 6.52. The molecular weight excluding hydrogens is 382 g/mol. The molecule has 1 saturated carbocycles. The molecule has 1 aromatic heterocycles. The summed E-state index contributed by atoms with van der Waals surface area (Å²) in [6, 6.07) is 8.16. The van der Waals surface area contributed by atoms with Crippen molar-refractivity contribution in [2.45, 2.75) is 43.1 Å². The average Bonchev–Trinajstić information content (AvgIpc) is 3.42. The Morgan fingerprint density at radius 1 is 1.33 bits per heavy atom. The summed E-state index contributed by atoms with van der Waals surface area (Å²) in [7, 11) is 1.64. The molecule has 0 atom stereocenters. The number of aryl methyl sites for hydroxylation is 1. The quantitative estimate of drug-likeness (QED) is 0.649. The zero-order valence-corrected chi connectivity index (χ0v) is 17.1. The number of thioether (sulfide) groups is 1. The maximum atomic E-state index is 12.8. The summed E-state index contributed by atoms with van der Waals surface area (Å²) in [5.74, 6) is 0.899. The molecule has 1 fully saturated rings. The number of primary amides is 1. The van der Waals surface area contributed by atoms with Crippen LogP contribution in [0.2, 0.25) is 0 Å². The number of methoxy groups -OCH3 is 1. The van der Waals surface area contributed by atoms with Crippen molar-refractivity contribution in [3.05, 3.63) is 40.4 Å². The van der Waals surface area contributed by atoms with Gasteiger partial charge in [0.1, 0.15) is 5.75 Å². The Labute approximate surface area is 167 Å². The largest absolute Gasteiger partial charge is 0.497 e. The monoisotopic (exact) mass is 405 g/mol. The average molecular weight is 406 g/mol. The first-order valence-corrected chi connectivity index (χ1v) is 10.6. The van der Waals surface area contributed by atoms with Gasteiger partial charge in [0.05, 0.1) is 25.0 Å². The van der Waals surface area contributed by atoms with Crippen LogP contribution in [0.5, 0.6) is 5.75 Å². The molecule has 0 radical (unpaired) electrons. The Morgan fingerprint density at radius 2 is 2.04 bits per heavy atom. The summed E-state index contributed by atoms with van der Waals surface area (Å²) in [4.78, 5) is 31.2. The van der Waals surface area contributed by atoms with Gasteiger partial charge in [0.2, 0.25) is 11.8 Å². The molecule has 2 amide bonds.